The molecule has 1 saturated heterocycles. The monoisotopic (exact) mass is 291 g/mol. The molecule has 0 aromatic carbocycles. The molecule has 0 saturated carbocycles. The van der Waals surface area contributed by atoms with Crippen molar-refractivity contribution in [2.75, 3.05) is 11.9 Å². The summed E-state index contributed by atoms with van der Waals surface area (Å²) in [6.45, 7) is 4.33. The Bertz CT molecular complexity index is 533. The Hall–Kier alpha value is -2.11. The van der Waals surface area contributed by atoms with E-state index < -0.39 is 12.0 Å². The fourth-order valence-electron chi connectivity index (χ4n) is 2.69. The number of carbonyl (C=O) groups excluding carboxylic acids is 1. The van der Waals surface area contributed by atoms with Crippen molar-refractivity contribution in [3.8, 4) is 0 Å². The number of pyridine rings is 1. The first-order valence-electron chi connectivity index (χ1n) is 7.25. The molecule has 0 bridgehead atoms. The van der Waals surface area contributed by atoms with E-state index in [1.165, 1.54) is 4.90 Å². The van der Waals surface area contributed by atoms with Crippen LogP contribution in [0.1, 0.15) is 31.9 Å². The van der Waals surface area contributed by atoms with E-state index in [0.29, 0.717) is 30.3 Å². The van der Waals surface area contributed by atoms with Gasteiger partial charge in [0.2, 0.25) is 0 Å². The third-order valence-corrected chi connectivity index (χ3v) is 4.08. The van der Waals surface area contributed by atoms with E-state index in [4.69, 9.17) is 0 Å². The molecule has 6 nitrogen and oxygen atoms in total. The van der Waals surface area contributed by atoms with Crippen LogP contribution >= 0.6 is 0 Å². The molecule has 2 heterocycles. The van der Waals surface area contributed by atoms with Gasteiger partial charge in [-0.15, -0.1) is 0 Å². The minimum atomic E-state index is -0.939. The molecule has 2 amide bonds. The topological polar surface area (TPSA) is 82.5 Å². The molecule has 0 radical (unpaired) electrons. The molecule has 2 unspecified atom stereocenters. The van der Waals surface area contributed by atoms with Gasteiger partial charge in [0.1, 0.15) is 6.04 Å². The highest BCUT2D eigenvalue weighted by Crippen LogP contribution is 2.26. The number of nitrogens with zero attached hydrogens (tertiary/aromatic N) is 2. The van der Waals surface area contributed by atoms with Gasteiger partial charge in [-0.05, 0) is 37.8 Å². The second-order valence-electron chi connectivity index (χ2n) is 5.41. The van der Waals surface area contributed by atoms with Crippen molar-refractivity contribution < 1.29 is 14.7 Å². The van der Waals surface area contributed by atoms with Gasteiger partial charge in [0.05, 0.1) is 11.4 Å². The zero-order valence-corrected chi connectivity index (χ0v) is 12.4. The maximum atomic E-state index is 12.4. The van der Waals surface area contributed by atoms with Gasteiger partial charge in [0.25, 0.3) is 0 Å². The fourth-order valence-corrected chi connectivity index (χ4v) is 2.69. The van der Waals surface area contributed by atoms with Crippen LogP contribution in [0.2, 0.25) is 0 Å². The quantitative estimate of drug-likeness (QED) is 0.896. The summed E-state index contributed by atoms with van der Waals surface area (Å²) < 4.78 is 0. The molecule has 1 aromatic heterocycles. The Balaban J connectivity index is 2.10. The molecule has 1 fully saturated rings. The Morgan fingerprint density at radius 3 is 2.90 bits per heavy atom. The van der Waals surface area contributed by atoms with Gasteiger partial charge in [0, 0.05) is 12.7 Å². The number of likely N-dealkylation sites (tertiary alicyclic amines) is 1. The number of aryl methyl sites for hydroxylation is 1. The number of hydrogen-bond acceptors (Lipinski definition) is 3. The first-order chi connectivity index (χ1) is 10.0. The summed E-state index contributed by atoms with van der Waals surface area (Å²) in [4.78, 5) is 29.3. The molecule has 114 valence electrons. The summed E-state index contributed by atoms with van der Waals surface area (Å²) in [5.74, 6) is -0.568. The number of piperidine rings is 1. The fraction of sp³-hybridized carbons (Fsp3) is 0.533. The van der Waals surface area contributed by atoms with E-state index in [-0.39, 0.29) is 6.03 Å². The molecule has 2 rings (SSSR count). The summed E-state index contributed by atoms with van der Waals surface area (Å²) in [5.41, 5.74) is 1.32. The largest absolute Gasteiger partial charge is 0.480 e. The van der Waals surface area contributed by atoms with Crippen LogP contribution in [0.5, 0.6) is 0 Å². The molecule has 0 aliphatic carbocycles. The number of carboxylic acid groups (broad SMARTS) is 1. The van der Waals surface area contributed by atoms with Gasteiger partial charge in [-0.25, -0.2) is 9.59 Å². The lowest BCUT2D eigenvalue weighted by Crippen LogP contribution is -2.51. The van der Waals surface area contributed by atoms with E-state index in [1.54, 1.807) is 25.3 Å². The molecule has 1 aromatic rings. The molecule has 2 atom stereocenters. The number of nitrogens with one attached hydrogen (secondary N) is 1. The van der Waals surface area contributed by atoms with E-state index in [0.717, 1.165) is 12.8 Å². The first-order valence-corrected chi connectivity index (χ1v) is 7.25. The number of hydrogen-bond donors (Lipinski definition) is 2. The number of anilines is 1. The lowest BCUT2D eigenvalue weighted by molar-refractivity contribution is -0.143. The molecule has 21 heavy (non-hydrogen) atoms. The standard InChI is InChI=1S/C15H21N3O3/c1-3-11-6-8-18(13(9-11)14(19)20)15(21)17-12-5-4-7-16-10(12)2/h4-5,7,11,13H,3,6,8-9H2,1-2H3,(H,17,21)(H,19,20). The molecular formula is C15H21N3O3. The Kier molecular flexibility index (Phi) is 4.77. The van der Waals surface area contributed by atoms with Gasteiger partial charge < -0.3 is 15.3 Å². The number of rotatable bonds is 3. The number of aromatic nitrogens is 1. The molecule has 0 spiro atoms. The molecule has 6 heteroatoms. The number of urea groups is 1. The maximum absolute atomic E-state index is 12.4. The van der Waals surface area contributed by atoms with Crippen LogP contribution < -0.4 is 5.32 Å². The number of carbonyl (C=O) groups is 2. The summed E-state index contributed by atoms with van der Waals surface area (Å²) in [5, 5.41) is 12.1. The number of carboxylic acids is 1. The highest BCUT2D eigenvalue weighted by atomic mass is 16.4. The second-order valence-corrected chi connectivity index (χ2v) is 5.41. The van der Waals surface area contributed by atoms with Gasteiger partial charge in [-0.3, -0.25) is 4.98 Å². The minimum absolute atomic E-state index is 0.368. The second kappa shape index (κ2) is 6.56. The van der Waals surface area contributed by atoms with E-state index in [9.17, 15) is 14.7 Å². The van der Waals surface area contributed by atoms with Crippen molar-refractivity contribution in [3.63, 3.8) is 0 Å². The zero-order valence-electron chi connectivity index (χ0n) is 12.4. The predicted octanol–water partition coefficient (Wildman–Crippen LogP) is 2.50. The van der Waals surface area contributed by atoms with Crippen molar-refractivity contribution in [3.05, 3.63) is 24.0 Å². The van der Waals surface area contributed by atoms with Crippen molar-refractivity contribution in [2.24, 2.45) is 5.92 Å². The molecular weight excluding hydrogens is 270 g/mol. The van der Waals surface area contributed by atoms with Crippen molar-refractivity contribution >= 4 is 17.7 Å². The molecule has 2 N–H and O–H groups in total. The van der Waals surface area contributed by atoms with Crippen LogP contribution in [-0.4, -0.2) is 39.6 Å². The number of aliphatic carboxylic acids is 1. The van der Waals surface area contributed by atoms with E-state index in [1.807, 2.05) is 0 Å². The van der Waals surface area contributed by atoms with Crippen molar-refractivity contribution in [1.29, 1.82) is 0 Å². The van der Waals surface area contributed by atoms with E-state index in [2.05, 4.69) is 17.2 Å². The summed E-state index contributed by atoms with van der Waals surface area (Å²) in [6.07, 6.45) is 3.96. The maximum Gasteiger partial charge on any atom is 0.326 e. The summed E-state index contributed by atoms with van der Waals surface area (Å²) >= 11 is 0. The molecule has 1 aliphatic heterocycles. The first kappa shape index (κ1) is 15.3. The predicted molar refractivity (Wildman–Crippen MR) is 79.1 cm³/mol. The van der Waals surface area contributed by atoms with Crippen LogP contribution in [0.3, 0.4) is 0 Å². The Morgan fingerprint density at radius 1 is 1.52 bits per heavy atom. The van der Waals surface area contributed by atoms with Crippen molar-refractivity contribution in [1.82, 2.24) is 9.88 Å². The number of amides is 2. The average Bonchev–Trinajstić information content (AvgIpc) is 2.48. The normalized spacial score (nSPS) is 21.9. The third-order valence-electron chi connectivity index (χ3n) is 4.08. The lowest BCUT2D eigenvalue weighted by Gasteiger charge is -2.36. The van der Waals surface area contributed by atoms with Crippen LogP contribution in [-0.2, 0) is 4.79 Å². The Morgan fingerprint density at radius 2 is 2.29 bits per heavy atom. The van der Waals surface area contributed by atoms with Gasteiger partial charge in [0.15, 0.2) is 0 Å². The summed E-state index contributed by atoms with van der Waals surface area (Å²) in [6, 6.07) is 2.38. The SMILES string of the molecule is CCC1CCN(C(=O)Nc2cccnc2C)C(C(=O)O)C1. The van der Waals surface area contributed by atoms with Crippen LogP contribution in [0, 0.1) is 12.8 Å². The van der Waals surface area contributed by atoms with Gasteiger partial charge in [-0.2, -0.15) is 0 Å². The van der Waals surface area contributed by atoms with Crippen LogP contribution in [0.25, 0.3) is 0 Å². The Labute approximate surface area is 124 Å². The van der Waals surface area contributed by atoms with Crippen LogP contribution in [0.4, 0.5) is 10.5 Å². The minimum Gasteiger partial charge on any atom is -0.480 e. The molecule has 1 aliphatic rings. The highest BCUT2D eigenvalue weighted by Gasteiger charge is 2.35. The highest BCUT2D eigenvalue weighted by molar-refractivity contribution is 5.92. The smallest absolute Gasteiger partial charge is 0.326 e. The van der Waals surface area contributed by atoms with E-state index >= 15 is 0 Å². The zero-order chi connectivity index (χ0) is 15.4. The third kappa shape index (κ3) is 3.51. The van der Waals surface area contributed by atoms with Crippen molar-refractivity contribution in [2.45, 2.75) is 39.2 Å². The van der Waals surface area contributed by atoms with Gasteiger partial charge >= 0.3 is 12.0 Å². The van der Waals surface area contributed by atoms with Gasteiger partial charge in [-0.1, -0.05) is 13.3 Å². The lowest BCUT2D eigenvalue weighted by atomic mass is 9.89. The van der Waals surface area contributed by atoms with Crippen LogP contribution in [0.15, 0.2) is 18.3 Å². The summed E-state index contributed by atoms with van der Waals surface area (Å²) in [7, 11) is 0. The average molecular weight is 291 g/mol.